The van der Waals surface area contributed by atoms with Crippen LogP contribution in [-0.4, -0.2) is 42.0 Å². The van der Waals surface area contributed by atoms with Crippen LogP contribution in [0.4, 0.5) is 0 Å². The summed E-state index contributed by atoms with van der Waals surface area (Å²) in [4.78, 5) is 14.3. The van der Waals surface area contributed by atoms with Crippen LogP contribution in [0, 0.1) is 0 Å². The van der Waals surface area contributed by atoms with E-state index in [0.29, 0.717) is 12.1 Å². The zero-order chi connectivity index (χ0) is 15.5. The van der Waals surface area contributed by atoms with E-state index < -0.39 is 16.0 Å². The largest absolute Gasteiger partial charge is 0.478 e. The maximum Gasteiger partial charge on any atom is 0.328 e. The van der Waals surface area contributed by atoms with Crippen LogP contribution >= 0.6 is 11.8 Å². The van der Waals surface area contributed by atoms with Gasteiger partial charge in [-0.2, -0.15) is 11.8 Å². The molecule has 0 spiro atoms. The zero-order valence-electron chi connectivity index (χ0n) is 11.4. The summed E-state index contributed by atoms with van der Waals surface area (Å²) in [6, 6.07) is 1.40. The van der Waals surface area contributed by atoms with Crippen molar-refractivity contribution >= 4 is 33.8 Å². The Morgan fingerprint density at radius 3 is 2.81 bits per heavy atom. The maximum absolute atomic E-state index is 12.2. The number of aliphatic carboxylic acids is 1. The Morgan fingerprint density at radius 1 is 1.52 bits per heavy atom. The molecule has 2 rings (SSSR count). The summed E-state index contributed by atoms with van der Waals surface area (Å²) in [7, 11) is -3.63. The van der Waals surface area contributed by atoms with Crippen molar-refractivity contribution in [2.24, 2.45) is 0 Å². The summed E-state index contributed by atoms with van der Waals surface area (Å²) < 4.78 is 27.0. The van der Waals surface area contributed by atoms with Gasteiger partial charge in [-0.25, -0.2) is 17.9 Å². The van der Waals surface area contributed by atoms with E-state index in [9.17, 15) is 13.2 Å². The van der Waals surface area contributed by atoms with Crippen molar-refractivity contribution in [3.63, 3.8) is 0 Å². The van der Waals surface area contributed by atoms with Gasteiger partial charge in [0.1, 0.15) is 4.90 Å². The number of rotatable bonds is 7. The first-order valence-corrected chi connectivity index (χ1v) is 8.99. The first kappa shape index (κ1) is 16.0. The number of thioether (sulfide) groups is 1. The van der Waals surface area contributed by atoms with Gasteiger partial charge in [0.2, 0.25) is 10.0 Å². The van der Waals surface area contributed by atoms with Crippen LogP contribution in [0.5, 0.6) is 0 Å². The van der Waals surface area contributed by atoms with E-state index >= 15 is 0 Å². The topological polar surface area (TPSA) is 96.4 Å². The van der Waals surface area contributed by atoms with Crippen molar-refractivity contribution in [3.05, 3.63) is 30.1 Å². The summed E-state index contributed by atoms with van der Waals surface area (Å²) in [5, 5.41) is 8.57. The van der Waals surface area contributed by atoms with Crippen LogP contribution in [0.25, 0.3) is 6.08 Å². The first-order chi connectivity index (χ1) is 9.87. The Balaban J connectivity index is 2.12. The second kappa shape index (κ2) is 6.17. The molecule has 2 N–H and O–H groups in total. The molecular formula is C13H16N2O4S2. The van der Waals surface area contributed by atoms with E-state index in [1.807, 2.05) is 6.26 Å². The SMILES string of the molecule is CSC1(CNS(=O)(=O)c2cncc(/C=C/C(=O)O)c2)CC1. The third kappa shape index (κ3) is 4.29. The molecule has 0 unspecified atom stereocenters. The Kier molecular flexibility index (Phi) is 4.70. The van der Waals surface area contributed by atoms with Crippen LogP contribution in [0.3, 0.4) is 0 Å². The highest BCUT2D eigenvalue weighted by atomic mass is 32.2. The molecule has 8 heteroatoms. The number of carbonyl (C=O) groups is 1. The van der Waals surface area contributed by atoms with Gasteiger partial charge in [0.05, 0.1) is 0 Å². The lowest BCUT2D eigenvalue weighted by Crippen LogP contribution is -2.31. The number of nitrogens with one attached hydrogen (secondary N) is 1. The fourth-order valence-electron chi connectivity index (χ4n) is 1.74. The third-order valence-corrected chi connectivity index (χ3v) is 6.07. The Morgan fingerprint density at radius 2 is 2.24 bits per heavy atom. The monoisotopic (exact) mass is 328 g/mol. The molecular weight excluding hydrogens is 312 g/mol. The summed E-state index contributed by atoms with van der Waals surface area (Å²) >= 11 is 1.67. The molecule has 1 aliphatic carbocycles. The van der Waals surface area contributed by atoms with Crippen LogP contribution < -0.4 is 4.72 Å². The number of nitrogens with zero attached hydrogens (tertiary/aromatic N) is 1. The van der Waals surface area contributed by atoms with Gasteiger partial charge in [0, 0.05) is 29.8 Å². The zero-order valence-corrected chi connectivity index (χ0v) is 13.1. The van der Waals surface area contributed by atoms with Crippen molar-refractivity contribution < 1.29 is 18.3 Å². The number of sulfonamides is 1. The minimum atomic E-state index is -3.63. The maximum atomic E-state index is 12.2. The molecule has 1 heterocycles. The van der Waals surface area contributed by atoms with Crippen molar-refractivity contribution in [3.8, 4) is 0 Å². The van der Waals surface area contributed by atoms with E-state index in [1.54, 1.807) is 11.8 Å². The molecule has 1 aromatic heterocycles. The molecule has 0 amide bonds. The minimum absolute atomic E-state index is 0.0291. The second-order valence-corrected chi connectivity index (χ2v) is 7.88. The molecule has 0 bridgehead atoms. The lowest BCUT2D eigenvalue weighted by molar-refractivity contribution is -0.131. The van der Waals surface area contributed by atoms with Crippen LogP contribution in [-0.2, 0) is 14.8 Å². The van der Waals surface area contributed by atoms with E-state index in [2.05, 4.69) is 9.71 Å². The number of carboxylic acid groups (broad SMARTS) is 1. The Bertz CT molecular complexity index is 667. The number of carboxylic acids is 1. The summed E-state index contributed by atoms with van der Waals surface area (Å²) in [5.74, 6) is -1.10. The summed E-state index contributed by atoms with van der Waals surface area (Å²) in [6.07, 6.45) is 8.89. The highest BCUT2D eigenvalue weighted by Crippen LogP contribution is 2.46. The lowest BCUT2D eigenvalue weighted by atomic mass is 10.2. The van der Waals surface area contributed by atoms with Crippen LogP contribution in [0.15, 0.2) is 29.4 Å². The average molecular weight is 328 g/mol. The summed E-state index contributed by atoms with van der Waals surface area (Å²) in [6.45, 7) is 0.395. The molecule has 114 valence electrons. The number of aromatic nitrogens is 1. The normalized spacial score (nSPS) is 17.0. The third-order valence-electron chi connectivity index (χ3n) is 3.29. The highest BCUT2D eigenvalue weighted by molar-refractivity contribution is 8.00. The molecule has 0 atom stereocenters. The van der Waals surface area contributed by atoms with E-state index in [-0.39, 0.29) is 9.64 Å². The van der Waals surface area contributed by atoms with Gasteiger partial charge in [0.25, 0.3) is 0 Å². The van der Waals surface area contributed by atoms with Gasteiger partial charge >= 0.3 is 5.97 Å². The molecule has 0 radical (unpaired) electrons. The minimum Gasteiger partial charge on any atom is -0.478 e. The van der Waals surface area contributed by atoms with E-state index in [0.717, 1.165) is 18.9 Å². The standard InChI is InChI=1S/C13H16N2O4S2/c1-20-13(4-5-13)9-15-21(18,19)11-6-10(7-14-8-11)2-3-12(16)17/h2-3,6-8,15H,4-5,9H2,1H3,(H,16,17)/b3-2+. The number of hydrogen-bond acceptors (Lipinski definition) is 5. The quantitative estimate of drug-likeness (QED) is 0.734. The molecule has 1 aromatic rings. The molecule has 6 nitrogen and oxygen atoms in total. The Hall–Kier alpha value is -1.38. The van der Waals surface area contributed by atoms with E-state index in [1.165, 1.54) is 24.5 Å². The van der Waals surface area contributed by atoms with Crippen molar-refractivity contribution in [1.82, 2.24) is 9.71 Å². The summed E-state index contributed by atoms with van der Waals surface area (Å²) in [5.41, 5.74) is 0.422. The van der Waals surface area contributed by atoms with Gasteiger partial charge in [-0.1, -0.05) is 0 Å². The van der Waals surface area contributed by atoms with Crippen molar-refractivity contribution in [1.29, 1.82) is 0 Å². The average Bonchev–Trinajstić information content (AvgIpc) is 3.24. The smallest absolute Gasteiger partial charge is 0.328 e. The molecule has 21 heavy (non-hydrogen) atoms. The second-order valence-electron chi connectivity index (χ2n) is 4.84. The predicted molar refractivity (Wildman–Crippen MR) is 81.6 cm³/mol. The molecule has 1 aliphatic rings. The fraction of sp³-hybridized carbons (Fsp3) is 0.385. The van der Waals surface area contributed by atoms with Crippen LogP contribution in [0.2, 0.25) is 0 Å². The van der Waals surface area contributed by atoms with Gasteiger partial charge in [-0.15, -0.1) is 0 Å². The van der Waals surface area contributed by atoms with Crippen molar-refractivity contribution in [2.45, 2.75) is 22.5 Å². The van der Waals surface area contributed by atoms with Gasteiger partial charge < -0.3 is 5.11 Å². The van der Waals surface area contributed by atoms with Crippen molar-refractivity contribution in [2.75, 3.05) is 12.8 Å². The first-order valence-electron chi connectivity index (χ1n) is 6.28. The van der Waals surface area contributed by atoms with Gasteiger partial charge in [0.15, 0.2) is 0 Å². The molecule has 1 fully saturated rings. The van der Waals surface area contributed by atoms with Crippen LogP contribution in [0.1, 0.15) is 18.4 Å². The molecule has 0 saturated heterocycles. The predicted octanol–water partition coefficient (Wildman–Crippen LogP) is 1.35. The lowest BCUT2D eigenvalue weighted by Gasteiger charge is -2.13. The Labute approximate surface area is 127 Å². The molecule has 0 aliphatic heterocycles. The molecule has 1 saturated carbocycles. The highest BCUT2D eigenvalue weighted by Gasteiger charge is 2.42. The fourth-order valence-corrected chi connectivity index (χ4v) is 3.69. The van der Waals surface area contributed by atoms with Gasteiger partial charge in [-0.3, -0.25) is 4.98 Å². The molecule has 0 aromatic carbocycles. The number of pyridine rings is 1. The van der Waals surface area contributed by atoms with E-state index in [4.69, 9.17) is 5.11 Å². The van der Waals surface area contributed by atoms with Gasteiger partial charge in [-0.05, 0) is 36.8 Å². The number of hydrogen-bond donors (Lipinski definition) is 2.